The lowest BCUT2D eigenvalue weighted by Gasteiger charge is -2.10. The predicted molar refractivity (Wildman–Crippen MR) is 59.0 cm³/mol. The molecule has 0 unspecified atom stereocenters. The average Bonchev–Trinajstić information content (AvgIpc) is 2.59. The van der Waals surface area contributed by atoms with Crippen molar-refractivity contribution in [2.24, 2.45) is 0 Å². The molecule has 1 heterocycles. The molecule has 0 saturated carbocycles. The first-order valence-electron chi connectivity index (χ1n) is 4.68. The van der Waals surface area contributed by atoms with Gasteiger partial charge in [-0.2, -0.15) is 5.06 Å². The Labute approximate surface area is 87.8 Å². The summed E-state index contributed by atoms with van der Waals surface area (Å²) in [6.07, 6.45) is 0. The lowest BCUT2D eigenvalue weighted by atomic mass is 10.3. The molecule has 0 bridgehead atoms. The van der Waals surface area contributed by atoms with Gasteiger partial charge in [0.2, 0.25) is 0 Å². The van der Waals surface area contributed by atoms with Gasteiger partial charge in [-0.15, -0.1) is 0 Å². The molecule has 2 rings (SSSR count). The number of nitrogens with two attached hydrogens (primary N) is 1. The van der Waals surface area contributed by atoms with E-state index in [-0.39, 0.29) is 0 Å². The Morgan fingerprint density at radius 1 is 1.53 bits per heavy atom. The highest BCUT2D eigenvalue weighted by Crippen LogP contribution is 2.15. The molecule has 0 fully saturated rings. The van der Waals surface area contributed by atoms with Gasteiger partial charge in [-0.05, 0) is 18.2 Å². The number of aromatic nitrogens is 2. The number of hydroxylamine groups is 2. The maximum absolute atomic E-state index is 5.68. The van der Waals surface area contributed by atoms with E-state index < -0.39 is 0 Å². The molecule has 15 heavy (non-hydrogen) atoms. The zero-order valence-corrected chi connectivity index (χ0v) is 8.82. The summed E-state index contributed by atoms with van der Waals surface area (Å²) in [7, 11) is 3.47. The first-order chi connectivity index (χ1) is 7.19. The maximum Gasteiger partial charge on any atom is 0.123 e. The highest BCUT2D eigenvalue weighted by Gasteiger charge is 2.05. The standard InChI is InChI=1S/C10H14N4O/c1-14(15-2)6-10-12-8-4-3-7(11)5-9(8)13-10/h3-5H,6,11H2,1-2H3,(H,12,13). The minimum atomic E-state index is 0.616. The van der Waals surface area contributed by atoms with Gasteiger partial charge in [0.05, 0.1) is 24.7 Å². The Hall–Kier alpha value is -1.59. The molecule has 5 heteroatoms. The number of hydrogen-bond donors (Lipinski definition) is 2. The number of aromatic amines is 1. The van der Waals surface area contributed by atoms with Gasteiger partial charge in [0.25, 0.3) is 0 Å². The summed E-state index contributed by atoms with van der Waals surface area (Å²) >= 11 is 0. The van der Waals surface area contributed by atoms with Crippen LogP contribution in [0.1, 0.15) is 5.82 Å². The van der Waals surface area contributed by atoms with E-state index in [1.165, 1.54) is 0 Å². The van der Waals surface area contributed by atoms with Crippen molar-refractivity contribution in [1.82, 2.24) is 15.0 Å². The van der Waals surface area contributed by atoms with Gasteiger partial charge in [-0.25, -0.2) is 4.98 Å². The summed E-state index contributed by atoms with van der Waals surface area (Å²) in [6, 6.07) is 5.61. The molecule has 0 aliphatic carbocycles. The fraction of sp³-hybridized carbons (Fsp3) is 0.300. The topological polar surface area (TPSA) is 67.2 Å². The summed E-state index contributed by atoms with van der Waals surface area (Å²) in [5.74, 6) is 0.861. The van der Waals surface area contributed by atoms with Crippen molar-refractivity contribution in [3.8, 4) is 0 Å². The third-order valence-electron chi connectivity index (χ3n) is 2.24. The van der Waals surface area contributed by atoms with Gasteiger partial charge in [-0.3, -0.25) is 0 Å². The lowest BCUT2D eigenvalue weighted by molar-refractivity contribution is -0.117. The van der Waals surface area contributed by atoms with E-state index in [1.807, 2.05) is 25.2 Å². The van der Waals surface area contributed by atoms with Crippen LogP contribution in [0.3, 0.4) is 0 Å². The Bertz CT molecular complexity index is 465. The number of fused-ring (bicyclic) bond motifs is 1. The lowest BCUT2D eigenvalue weighted by Crippen LogP contribution is -2.16. The zero-order valence-electron chi connectivity index (χ0n) is 8.82. The summed E-state index contributed by atoms with van der Waals surface area (Å²) in [6.45, 7) is 0.616. The van der Waals surface area contributed by atoms with Crippen LogP contribution < -0.4 is 5.73 Å². The van der Waals surface area contributed by atoms with Gasteiger partial charge in [0.15, 0.2) is 0 Å². The maximum atomic E-state index is 5.68. The average molecular weight is 206 g/mol. The molecule has 0 amide bonds. The molecule has 80 valence electrons. The number of nitrogens with one attached hydrogen (secondary N) is 1. The van der Waals surface area contributed by atoms with Crippen LogP contribution in [0, 0.1) is 0 Å². The second-order valence-electron chi connectivity index (χ2n) is 3.43. The third-order valence-corrected chi connectivity index (χ3v) is 2.24. The zero-order chi connectivity index (χ0) is 10.8. The van der Waals surface area contributed by atoms with E-state index in [1.54, 1.807) is 12.2 Å². The Morgan fingerprint density at radius 2 is 2.33 bits per heavy atom. The van der Waals surface area contributed by atoms with E-state index >= 15 is 0 Å². The highest BCUT2D eigenvalue weighted by molar-refractivity contribution is 5.78. The van der Waals surface area contributed by atoms with E-state index in [4.69, 9.17) is 10.6 Å². The SMILES string of the molecule is CON(C)Cc1nc2ccc(N)cc2[nH]1. The minimum absolute atomic E-state index is 0.616. The van der Waals surface area contributed by atoms with Crippen LogP contribution in [0.25, 0.3) is 11.0 Å². The predicted octanol–water partition coefficient (Wildman–Crippen LogP) is 1.14. The van der Waals surface area contributed by atoms with Gasteiger partial charge in [0, 0.05) is 12.7 Å². The largest absolute Gasteiger partial charge is 0.399 e. The van der Waals surface area contributed by atoms with Crippen LogP contribution in [0.4, 0.5) is 5.69 Å². The minimum Gasteiger partial charge on any atom is -0.399 e. The van der Waals surface area contributed by atoms with E-state index in [2.05, 4.69) is 9.97 Å². The smallest absolute Gasteiger partial charge is 0.123 e. The number of nitrogen functional groups attached to an aromatic ring is 1. The molecule has 5 nitrogen and oxygen atoms in total. The highest BCUT2D eigenvalue weighted by atomic mass is 16.7. The monoisotopic (exact) mass is 206 g/mol. The fourth-order valence-corrected chi connectivity index (χ4v) is 1.43. The molecule has 2 aromatic rings. The van der Waals surface area contributed by atoms with Gasteiger partial charge in [-0.1, -0.05) is 0 Å². The number of H-pyrrole nitrogens is 1. The van der Waals surface area contributed by atoms with Crippen LogP contribution in [0.2, 0.25) is 0 Å². The molecule has 0 aliphatic heterocycles. The molecule has 0 atom stereocenters. The molecule has 0 saturated heterocycles. The number of nitrogens with zero attached hydrogens (tertiary/aromatic N) is 2. The van der Waals surface area contributed by atoms with Gasteiger partial charge in [0.1, 0.15) is 5.82 Å². The van der Waals surface area contributed by atoms with Crippen molar-refractivity contribution < 1.29 is 4.84 Å². The van der Waals surface area contributed by atoms with Crippen molar-refractivity contribution >= 4 is 16.7 Å². The second kappa shape index (κ2) is 3.88. The Morgan fingerprint density at radius 3 is 3.07 bits per heavy atom. The van der Waals surface area contributed by atoms with Gasteiger partial charge >= 0.3 is 0 Å². The summed E-state index contributed by atoms with van der Waals surface area (Å²) < 4.78 is 0. The molecule has 0 spiro atoms. The van der Waals surface area contributed by atoms with Gasteiger partial charge < -0.3 is 15.6 Å². The van der Waals surface area contributed by atoms with Crippen LogP contribution in [0.15, 0.2) is 18.2 Å². The molecular weight excluding hydrogens is 192 g/mol. The first-order valence-corrected chi connectivity index (χ1v) is 4.68. The summed E-state index contributed by atoms with van der Waals surface area (Å²) in [5, 5.41) is 1.70. The molecule has 0 aliphatic rings. The van der Waals surface area contributed by atoms with Crippen LogP contribution in [-0.4, -0.2) is 29.2 Å². The fourth-order valence-electron chi connectivity index (χ4n) is 1.43. The van der Waals surface area contributed by atoms with Crippen LogP contribution in [-0.2, 0) is 11.4 Å². The number of benzene rings is 1. The number of rotatable bonds is 3. The first kappa shape index (κ1) is 9.95. The van der Waals surface area contributed by atoms with Crippen molar-refractivity contribution in [1.29, 1.82) is 0 Å². The number of imidazole rings is 1. The summed E-state index contributed by atoms with van der Waals surface area (Å²) in [5.41, 5.74) is 8.29. The normalized spacial score (nSPS) is 11.4. The van der Waals surface area contributed by atoms with Crippen molar-refractivity contribution in [3.63, 3.8) is 0 Å². The second-order valence-corrected chi connectivity index (χ2v) is 3.43. The third kappa shape index (κ3) is 2.08. The van der Waals surface area contributed by atoms with Crippen LogP contribution >= 0.6 is 0 Å². The summed E-state index contributed by atoms with van der Waals surface area (Å²) in [4.78, 5) is 12.6. The van der Waals surface area contributed by atoms with Crippen molar-refractivity contribution in [3.05, 3.63) is 24.0 Å². The molecule has 0 radical (unpaired) electrons. The van der Waals surface area contributed by atoms with Crippen molar-refractivity contribution in [2.45, 2.75) is 6.54 Å². The Balaban J connectivity index is 2.30. The van der Waals surface area contributed by atoms with Crippen molar-refractivity contribution in [2.75, 3.05) is 19.9 Å². The molecule has 3 N–H and O–H groups in total. The van der Waals surface area contributed by atoms with Crippen LogP contribution in [0.5, 0.6) is 0 Å². The Kier molecular flexibility index (Phi) is 2.57. The van der Waals surface area contributed by atoms with E-state index in [0.717, 1.165) is 22.5 Å². The quantitative estimate of drug-likeness (QED) is 0.583. The molecule has 1 aromatic heterocycles. The van der Waals surface area contributed by atoms with E-state index in [9.17, 15) is 0 Å². The van der Waals surface area contributed by atoms with E-state index in [0.29, 0.717) is 6.54 Å². The molecular formula is C10H14N4O. The number of anilines is 1. The molecule has 1 aromatic carbocycles. The number of hydrogen-bond acceptors (Lipinski definition) is 4.